The van der Waals surface area contributed by atoms with E-state index in [1.165, 1.54) is 16.2 Å². The maximum Gasteiger partial charge on any atom is 0.307 e. The molecule has 1 heterocycles. The quantitative estimate of drug-likeness (QED) is 0.420. The minimum absolute atomic E-state index is 0.177. The van der Waals surface area contributed by atoms with Gasteiger partial charge in [0, 0.05) is 16.5 Å². The Balaban J connectivity index is 1.58. The van der Waals surface area contributed by atoms with Gasteiger partial charge in [-0.3, -0.25) is 15.0 Å². The molecule has 4 rings (SSSR count). The third kappa shape index (κ3) is 4.05. The summed E-state index contributed by atoms with van der Waals surface area (Å²) in [6.07, 6.45) is 5.96. The van der Waals surface area contributed by atoms with Crippen LogP contribution >= 0.6 is 11.3 Å². The predicted octanol–water partition coefficient (Wildman–Crippen LogP) is 4.77. The number of thiophene rings is 1. The van der Waals surface area contributed by atoms with Gasteiger partial charge in [0.15, 0.2) is 0 Å². The molecule has 6 nitrogen and oxygen atoms in total. The number of amidine groups is 1. The van der Waals surface area contributed by atoms with Crippen molar-refractivity contribution < 1.29 is 14.7 Å². The molecule has 4 N–H and O–H groups in total. The number of carboxylic acid groups (broad SMARTS) is 1. The van der Waals surface area contributed by atoms with Crippen LogP contribution in [0.25, 0.3) is 0 Å². The van der Waals surface area contributed by atoms with E-state index in [2.05, 4.69) is 10.6 Å². The molecule has 2 atom stereocenters. The number of para-hydroxylation sites is 1. The van der Waals surface area contributed by atoms with Crippen LogP contribution in [0.5, 0.6) is 0 Å². The minimum Gasteiger partial charge on any atom is -0.481 e. The Hall–Kier alpha value is -2.67. The van der Waals surface area contributed by atoms with Gasteiger partial charge >= 0.3 is 5.97 Å². The van der Waals surface area contributed by atoms with Crippen LogP contribution in [0.15, 0.2) is 30.3 Å². The van der Waals surface area contributed by atoms with Crippen molar-refractivity contribution in [2.75, 3.05) is 10.6 Å². The van der Waals surface area contributed by atoms with Crippen molar-refractivity contribution in [3.63, 3.8) is 0 Å². The lowest BCUT2D eigenvalue weighted by atomic mass is 9.78. The minimum atomic E-state index is -0.836. The molecule has 0 spiro atoms. The van der Waals surface area contributed by atoms with E-state index in [-0.39, 0.29) is 17.7 Å². The van der Waals surface area contributed by atoms with Crippen LogP contribution in [-0.4, -0.2) is 22.8 Å². The fraction of sp³-hybridized carbons (Fsp3) is 0.409. The number of carbonyl (C=O) groups is 2. The summed E-state index contributed by atoms with van der Waals surface area (Å²) in [6.45, 7) is 0. The number of aryl methyl sites for hydroxylation is 1. The number of nitrogens with one attached hydrogen (secondary N) is 3. The highest BCUT2D eigenvalue weighted by Crippen LogP contribution is 2.40. The van der Waals surface area contributed by atoms with E-state index in [4.69, 9.17) is 5.41 Å². The van der Waals surface area contributed by atoms with Crippen LogP contribution in [-0.2, 0) is 17.6 Å². The van der Waals surface area contributed by atoms with Crippen molar-refractivity contribution >= 4 is 39.7 Å². The number of carbonyl (C=O) groups excluding carboxylic acids is 1. The second-order valence-electron chi connectivity index (χ2n) is 7.76. The lowest BCUT2D eigenvalue weighted by Gasteiger charge is -2.29. The molecule has 0 radical (unpaired) electrons. The Kier molecular flexibility index (Phi) is 5.67. The number of hydrogen-bond donors (Lipinski definition) is 4. The summed E-state index contributed by atoms with van der Waals surface area (Å²) in [5, 5.41) is 24.9. The number of benzene rings is 1. The fourth-order valence-electron chi connectivity index (χ4n) is 4.43. The number of carboxylic acids is 1. The zero-order valence-electron chi connectivity index (χ0n) is 16.2. The molecule has 7 heteroatoms. The molecule has 152 valence electrons. The van der Waals surface area contributed by atoms with E-state index in [1.54, 1.807) is 0 Å². The molecule has 2 aliphatic rings. The van der Waals surface area contributed by atoms with Crippen LogP contribution < -0.4 is 10.6 Å². The van der Waals surface area contributed by atoms with E-state index >= 15 is 0 Å². The largest absolute Gasteiger partial charge is 0.481 e. The van der Waals surface area contributed by atoms with Crippen molar-refractivity contribution in [1.82, 2.24) is 0 Å². The summed E-state index contributed by atoms with van der Waals surface area (Å²) in [7, 11) is 0. The predicted molar refractivity (Wildman–Crippen MR) is 115 cm³/mol. The molecule has 0 saturated heterocycles. The number of aliphatic carboxylic acids is 1. The third-order valence-electron chi connectivity index (χ3n) is 5.88. The molecule has 1 aromatic heterocycles. The highest BCUT2D eigenvalue weighted by molar-refractivity contribution is 7.17. The maximum atomic E-state index is 13.1. The zero-order chi connectivity index (χ0) is 20.4. The first kappa shape index (κ1) is 19.6. The molecule has 0 bridgehead atoms. The van der Waals surface area contributed by atoms with Crippen molar-refractivity contribution in [2.24, 2.45) is 11.8 Å². The topological polar surface area (TPSA) is 102 Å². The molecular weight excluding hydrogens is 386 g/mol. The normalized spacial score (nSPS) is 20.7. The number of anilines is 2. The highest BCUT2D eigenvalue weighted by Gasteiger charge is 2.35. The summed E-state index contributed by atoms with van der Waals surface area (Å²) >= 11 is 1.53. The summed E-state index contributed by atoms with van der Waals surface area (Å²) in [5.41, 5.74) is 2.41. The van der Waals surface area contributed by atoms with Crippen LogP contribution in [0.2, 0.25) is 0 Å². The van der Waals surface area contributed by atoms with Crippen LogP contribution in [0, 0.1) is 17.2 Å². The fourth-order valence-corrected chi connectivity index (χ4v) is 5.73. The molecule has 0 aliphatic heterocycles. The Morgan fingerprint density at radius 2 is 1.72 bits per heavy atom. The summed E-state index contributed by atoms with van der Waals surface area (Å²) in [6, 6.07) is 9.34. The number of rotatable bonds is 5. The van der Waals surface area contributed by atoms with Gasteiger partial charge in [0.1, 0.15) is 10.8 Å². The molecular formula is C22H25N3O3S. The van der Waals surface area contributed by atoms with Gasteiger partial charge in [-0.2, -0.15) is 0 Å². The van der Waals surface area contributed by atoms with Gasteiger partial charge < -0.3 is 15.7 Å². The summed E-state index contributed by atoms with van der Waals surface area (Å²) in [4.78, 5) is 25.9. The average Bonchev–Trinajstić information content (AvgIpc) is 3.29. The molecule has 1 amide bonds. The Morgan fingerprint density at radius 1 is 1.00 bits per heavy atom. The van der Waals surface area contributed by atoms with Crippen LogP contribution in [0.3, 0.4) is 0 Å². The van der Waals surface area contributed by atoms with E-state index in [1.807, 2.05) is 30.3 Å². The first-order valence-electron chi connectivity index (χ1n) is 10.1. The molecule has 29 heavy (non-hydrogen) atoms. The second-order valence-corrected chi connectivity index (χ2v) is 8.86. The molecule has 1 fully saturated rings. The summed E-state index contributed by atoms with van der Waals surface area (Å²) in [5.74, 6) is -1.66. The van der Waals surface area contributed by atoms with Crippen molar-refractivity contribution in [3.05, 3.63) is 46.3 Å². The van der Waals surface area contributed by atoms with Gasteiger partial charge in [-0.1, -0.05) is 31.0 Å². The van der Waals surface area contributed by atoms with Crippen molar-refractivity contribution in [3.8, 4) is 0 Å². The molecule has 2 aromatic rings. The van der Waals surface area contributed by atoms with Gasteiger partial charge in [0.25, 0.3) is 5.91 Å². The zero-order valence-corrected chi connectivity index (χ0v) is 17.0. The molecule has 1 saturated carbocycles. The second kappa shape index (κ2) is 8.37. The molecule has 1 aromatic carbocycles. The number of amides is 1. The lowest BCUT2D eigenvalue weighted by Crippen LogP contribution is -2.35. The van der Waals surface area contributed by atoms with E-state index in [0.29, 0.717) is 23.4 Å². The van der Waals surface area contributed by atoms with E-state index in [9.17, 15) is 14.7 Å². The average molecular weight is 412 g/mol. The SMILES string of the molecule is N=C(Nc1sc2c(c1C(=O)Nc1ccccc1)CCC2)C1CCCCC1C(=O)O. The van der Waals surface area contributed by atoms with Gasteiger partial charge in [0.2, 0.25) is 0 Å². The van der Waals surface area contributed by atoms with Crippen LogP contribution in [0.1, 0.15) is 52.9 Å². The van der Waals surface area contributed by atoms with E-state index in [0.717, 1.165) is 43.4 Å². The van der Waals surface area contributed by atoms with E-state index < -0.39 is 11.9 Å². The molecule has 2 unspecified atom stereocenters. The lowest BCUT2D eigenvalue weighted by molar-refractivity contribution is -0.143. The van der Waals surface area contributed by atoms with Gasteiger partial charge in [0.05, 0.1) is 11.5 Å². The molecule has 2 aliphatic carbocycles. The Morgan fingerprint density at radius 3 is 2.45 bits per heavy atom. The Bertz CT molecular complexity index is 938. The smallest absolute Gasteiger partial charge is 0.307 e. The monoisotopic (exact) mass is 411 g/mol. The summed E-state index contributed by atoms with van der Waals surface area (Å²) < 4.78 is 0. The highest BCUT2D eigenvalue weighted by atomic mass is 32.1. The first-order chi connectivity index (χ1) is 14.0. The third-order valence-corrected chi connectivity index (χ3v) is 7.09. The number of fused-ring (bicyclic) bond motifs is 1. The standard InChI is InChI=1S/C22H25N3O3S/c23-19(14-9-4-5-10-15(14)22(27)28)25-21-18(16-11-6-12-17(16)29-21)20(26)24-13-7-2-1-3-8-13/h1-3,7-8,14-15H,4-6,9-12H2,(H2,23,25)(H,24,26)(H,27,28). The first-order valence-corrected chi connectivity index (χ1v) is 11.0. The van der Waals surface area contributed by atoms with Crippen molar-refractivity contribution in [1.29, 1.82) is 5.41 Å². The van der Waals surface area contributed by atoms with Crippen LogP contribution in [0.4, 0.5) is 10.7 Å². The van der Waals surface area contributed by atoms with Gasteiger partial charge in [-0.25, -0.2) is 0 Å². The van der Waals surface area contributed by atoms with Gasteiger partial charge in [-0.15, -0.1) is 11.3 Å². The number of hydrogen-bond acceptors (Lipinski definition) is 4. The van der Waals surface area contributed by atoms with Gasteiger partial charge in [-0.05, 0) is 49.8 Å². The Labute approximate surface area is 173 Å². The van der Waals surface area contributed by atoms with Crippen molar-refractivity contribution in [2.45, 2.75) is 44.9 Å². The maximum absolute atomic E-state index is 13.1.